The largest absolute Gasteiger partial charge is 0.494 e. The van der Waals surface area contributed by atoms with Crippen molar-refractivity contribution in [1.29, 1.82) is 0 Å². The van der Waals surface area contributed by atoms with Crippen molar-refractivity contribution in [3.05, 3.63) is 60.2 Å². The molecule has 2 aromatic rings. The minimum absolute atomic E-state index is 0.147. The first-order valence-corrected chi connectivity index (χ1v) is 11.8. The number of carbonyl (C=O) groups is 2. The van der Waals surface area contributed by atoms with Crippen LogP contribution in [-0.4, -0.2) is 56.0 Å². The Bertz CT molecular complexity index is 1040. The van der Waals surface area contributed by atoms with E-state index in [4.69, 9.17) is 4.74 Å². The van der Waals surface area contributed by atoms with Gasteiger partial charge < -0.3 is 10.1 Å². The van der Waals surface area contributed by atoms with Crippen LogP contribution in [0.5, 0.6) is 5.75 Å². The number of rotatable bonds is 7. The van der Waals surface area contributed by atoms with E-state index in [1.165, 1.54) is 4.90 Å². The summed E-state index contributed by atoms with van der Waals surface area (Å²) in [5, 5.41) is 2.85. The molecule has 0 unspecified atom stereocenters. The maximum atomic E-state index is 13.3. The van der Waals surface area contributed by atoms with E-state index >= 15 is 0 Å². The van der Waals surface area contributed by atoms with Crippen LogP contribution in [0, 0.1) is 0 Å². The minimum atomic E-state index is -3.66. The highest BCUT2D eigenvalue weighted by atomic mass is 32.2. The molecule has 0 saturated carbocycles. The second kappa shape index (κ2) is 9.07. The van der Waals surface area contributed by atoms with Crippen molar-refractivity contribution in [2.24, 2.45) is 0 Å². The Hall–Kier alpha value is -2.91. The van der Waals surface area contributed by atoms with Crippen LogP contribution < -0.4 is 15.0 Å². The van der Waals surface area contributed by atoms with Gasteiger partial charge in [0.25, 0.3) is 0 Å². The number of carbonyl (C=O) groups excluding carboxylic acids is 2. The van der Waals surface area contributed by atoms with E-state index in [2.05, 4.69) is 5.32 Å². The van der Waals surface area contributed by atoms with Crippen molar-refractivity contribution in [3.8, 4) is 5.75 Å². The van der Waals surface area contributed by atoms with Gasteiger partial charge in [-0.3, -0.25) is 14.5 Å². The quantitative estimate of drug-likeness (QED) is 0.701. The molecule has 3 rings (SSSR count). The SMILES string of the molecule is CCOc1ccc(N2C(=O)CN(S(C)(=O)=O)C[C@]2(C)C(=O)NCc2ccccc2)cc1. The van der Waals surface area contributed by atoms with Crippen LogP contribution in [0.4, 0.5) is 5.69 Å². The Morgan fingerprint density at radius 2 is 1.77 bits per heavy atom. The van der Waals surface area contributed by atoms with Gasteiger partial charge in [-0.05, 0) is 43.7 Å². The molecule has 1 heterocycles. The topological polar surface area (TPSA) is 96.0 Å². The number of piperazine rings is 1. The number of sulfonamides is 1. The Kier molecular flexibility index (Phi) is 6.66. The zero-order valence-corrected chi connectivity index (χ0v) is 18.7. The number of anilines is 1. The molecule has 0 radical (unpaired) electrons. The molecule has 166 valence electrons. The molecule has 1 atom stereocenters. The van der Waals surface area contributed by atoms with Crippen molar-refractivity contribution in [2.45, 2.75) is 25.9 Å². The van der Waals surface area contributed by atoms with E-state index in [0.29, 0.717) is 18.0 Å². The molecular weight excluding hydrogens is 418 g/mol. The highest BCUT2D eigenvalue weighted by molar-refractivity contribution is 7.88. The highest BCUT2D eigenvalue weighted by Crippen LogP contribution is 2.31. The molecule has 2 amide bonds. The molecule has 8 nitrogen and oxygen atoms in total. The van der Waals surface area contributed by atoms with Gasteiger partial charge in [0, 0.05) is 18.8 Å². The Morgan fingerprint density at radius 3 is 2.35 bits per heavy atom. The lowest BCUT2D eigenvalue weighted by Gasteiger charge is -2.46. The van der Waals surface area contributed by atoms with E-state index < -0.39 is 27.4 Å². The van der Waals surface area contributed by atoms with Crippen LogP contribution in [0.3, 0.4) is 0 Å². The summed E-state index contributed by atoms with van der Waals surface area (Å²) in [5.74, 6) is -0.270. The minimum Gasteiger partial charge on any atom is -0.494 e. The molecule has 0 aliphatic carbocycles. The second-order valence-electron chi connectivity index (χ2n) is 7.63. The molecule has 0 aromatic heterocycles. The lowest BCUT2D eigenvalue weighted by atomic mass is 9.94. The van der Waals surface area contributed by atoms with Crippen LogP contribution in [-0.2, 0) is 26.2 Å². The Morgan fingerprint density at radius 1 is 1.13 bits per heavy atom. The summed E-state index contributed by atoms with van der Waals surface area (Å²) >= 11 is 0. The van der Waals surface area contributed by atoms with Crippen molar-refractivity contribution < 1.29 is 22.7 Å². The van der Waals surface area contributed by atoms with Crippen LogP contribution in [0.25, 0.3) is 0 Å². The third-order valence-corrected chi connectivity index (χ3v) is 6.40. The van der Waals surface area contributed by atoms with Gasteiger partial charge in [0.2, 0.25) is 21.8 Å². The zero-order valence-electron chi connectivity index (χ0n) is 17.9. The van der Waals surface area contributed by atoms with E-state index in [1.807, 2.05) is 37.3 Å². The lowest BCUT2D eigenvalue weighted by Crippen LogP contribution is -2.70. The van der Waals surface area contributed by atoms with Crippen LogP contribution in [0.2, 0.25) is 0 Å². The Balaban J connectivity index is 1.93. The van der Waals surface area contributed by atoms with E-state index in [1.54, 1.807) is 31.2 Å². The zero-order chi connectivity index (χ0) is 22.6. The fourth-order valence-electron chi connectivity index (χ4n) is 3.63. The molecule has 1 N–H and O–H groups in total. The molecule has 0 bridgehead atoms. The van der Waals surface area contributed by atoms with Crippen molar-refractivity contribution >= 4 is 27.5 Å². The van der Waals surface area contributed by atoms with Crippen LogP contribution in [0.15, 0.2) is 54.6 Å². The van der Waals surface area contributed by atoms with Gasteiger partial charge >= 0.3 is 0 Å². The van der Waals surface area contributed by atoms with Gasteiger partial charge in [0.15, 0.2) is 0 Å². The molecule has 2 aromatic carbocycles. The molecule has 0 spiro atoms. The molecular formula is C22H27N3O5S. The van der Waals surface area contributed by atoms with E-state index in [-0.39, 0.29) is 19.6 Å². The highest BCUT2D eigenvalue weighted by Gasteiger charge is 2.50. The molecule has 1 saturated heterocycles. The molecule has 1 aliphatic heterocycles. The fraction of sp³-hybridized carbons (Fsp3) is 0.364. The third-order valence-electron chi connectivity index (χ3n) is 5.20. The molecule has 1 aliphatic rings. The summed E-state index contributed by atoms with van der Waals surface area (Å²) in [4.78, 5) is 27.8. The van der Waals surface area contributed by atoms with Crippen molar-refractivity contribution in [3.63, 3.8) is 0 Å². The third kappa shape index (κ3) is 5.05. The van der Waals surface area contributed by atoms with Gasteiger partial charge in [-0.25, -0.2) is 8.42 Å². The normalized spacial score (nSPS) is 19.8. The second-order valence-corrected chi connectivity index (χ2v) is 9.61. The summed E-state index contributed by atoms with van der Waals surface area (Å²) in [7, 11) is -3.66. The number of ether oxygens (including phenoxy) is 1. The van der Waals surface area contributed by atoms with Gasteiger partial charge in [-0.1, -0.05) is 30.3 Å². The van der Waals surface area contributed by atoms with Crippen LogP contribution >= 0.6 is 0 Å². The van der Waals surface area contributed by atoms with Gasteiger partial charge in [-0.2, -0.15) is 4.31 Å². The van der Waals surface area contributed by atoms with Gasteiger partial charge in [0.1, 0.15) is 11.3 Å². The van der Waals surface area contributed by atoms with Crippen molar-refractivity contribution in [1.82, 2.24) is 9.62 Å². The van der Waals surface area contributed by atoms with Gasteiger partial charge in [-0.15, -0.1) is 0 Å². The Labute approximate surface area is 182 Å². The number of nitrogens with one attached hydrogen (secondary N) is 1. The van der Waals surface area contributed by atoms with E-state index in [9.17, 15) is 18.0 Å². The first-order chi connectivity index (χ1) is 14.6. The summed E-state index contributed by atoms with van der Waals surface area (Å²) in [6.45, 7) is 3.75. The number of benzene rings is 2. The van der Waals surface area contributed by atoms with Gasteiger partial charge in [0.05, 0.1) is 19.4 Å². The number of nitrogens with zero attached hydrogens (tertiary/aromatic N) is 2. The summed E-state index contributed by atoms with van der Waals surface area (Å²) in [5.41, 5.74) is -0.0338. The lowest BCUT2D eigenvalue weighted by molar-refractivity contribution is -0.133. The monoisotopic (exact) mass is 445 g/mol. The number of hydrogen-bond acceptors (Lipinski definition) is 5. The summed E-state index contributed by atoms with van der Waals surface area (Å²) in [6.07, 6.45) is 1.04. The number of amides is 2. The first-order valence-electron chi connectivity index (χ1n) is 9.98. The first kappa shape index (κ1) is 22.8. The number of hydrogen-bond donors (Lipinski definition) is 1. The summed E-state index contributed by atoms with van der Waals surface area (Å²) in [6, 6.07) is 16.2. The van der Waals surface area contributed by atoms with Crippen LogP contribution in [0.1, 0.15) is 19.4 Å². The molecule has 9 heteroatoms. The standard InChI is InChI=1S/C22H27N3O5S/c1-4-30-19-12-10-18(11-13-19)25-20(26)15-24(31(3,28)29)16-22(25,2)21(27)23-14-17-8-6-5-7-9-17/h5-13H,4,14-16H2,1-3H3,(H,23,27)/t22-/m1/s1. The summed E-state index contributed by atoms with van der Waals surface area (Å²) < 4.78 is 30.9. The average molecular weight is 446 g/mol. The smallest absolute Gasteiger partial charge is 0.247 e. The van der Waals surface area contributed by atoms with E-state index in [0.717, 1.165) is 16.1 Å². The maximum Gasteiger partial charge on any atom is 0.247 e. The molecule has 1 fully saturated rings. The predicted molar refractivity (Wildman–Crippen MR) is 118 cm³/mol. The maximum absolute atomic E-state index is 13.3. The van der Waals surface area contributed by atoms with Crippen molar-refractivity contribution in [2.75, 3.05) is 30.9 Å². The fourth-order valence-corrected chi connectivity index (χ4v) is 4.46. The average Bonchev–Trinajstić information content (AvgIpc) is 2.73. The molecule has 31 heavy (non-hydrogen) atoms. The predicted octanol–water partition coefficient (Wildman–Crippen LogP) is 1.77.